The maximum atomic E-state index is 6.39. The Morgan fingerprint density at radius 2 is 0.407 bits per heavy atom. The summed E-state index contributed by atoms with van der Waals surface area (Å²) in [7, 11) is 0. The highest BCUT2D eigenvalue weighted by molar-refractivity contribution is 7.27. The molecule has 0 aliphatic rings. The summed E-state index contributed by atoms with van der Waals surface area (Å²) in [5.41, 5.74) is 27.3. The molecule has 0 saturated carbocycles. The molecule has 9 heterocycles. The van der Waals surface area contributed by atoms with Crippen LogP contribution in [-0.4, -0.2) is 44.9 Å². The summed E-state index contributed by atoms with van der Waals surface area (Å²) in [6.45, 7) is 0. The van der Waals surface area contributed by atoms with E-state index in [0.717, 1.165) is 149 Å². The van der Waals surface area contributed by atoms with Gasteiger partial charge in [0.2, 0.25) is 0 Å². The molecule has 0 aliphatic carbocycles. The highest BCUT2D eigenvalue weighted by atomic mass is 32.1. The first-order valence-corrected chi connectivity index (χ1v) is 52.2. The van der Waals surface area contributed by atoms with Gasteiger partial charge in [0.15, 0.2) is 52.4 Å². The average molecular weight is 1970 g/mol. The lowest BCUT2D eigenvalue weighted by molar-refractivity contribution is 0.668. The van der Waals surface area contributed by atoms with E-state index in [1.54, 1.807) is 11.3 Å². The van der Waals surface area contributed by atoms with Crippen LogP contribution in [0.5, 0.6) is 0 Å². The Labute approximate surface area is 872 Å². The van der Waals surface area contributed by atoms with Gasteiger partial charge in [0.05, 0.1) is 0 Å². The van der Waals surface area contributed by atoms with Crippen LogP contribution < -0.4 is 0 Å². The fraction of sp³-hybridized carbons (Fsp3) is 0. The molecule has 15 heteroatoms. The second-order valence-electron chi connectivity index (χ2n) is 37.3. The van der Waals surface area contributed by atoms with Crippen LogP contribution in [0.25, 0.3) is 296 Å². The molecule has 0 bridgehead atoms. The number of furan rings is 3. The molecule has 12 nitrogen and oxygen atoms in total. The van der Waals surface area contributed by atoms with Crippen molar-refractivity contribution < 1.29 is 13.3 Å². The molecule has 150 heavy (non-hydrogen) atoms. The van der Waals surface area contributed by atoms with Gasteiger partial charge in [-0.25, -0.2) is 44.9 Å². The van der Waals surface area contributed by atoms with Gasteiger partial charge in [-0.2, -0.15) is 0 Å². The molecule has 9 aromatic heterocycles. The third kappa shape index (κ3) is 16.6. The van der Waals surface area contributed by atoms with Crippen molar-refractivity contribution >= 4 is 160 Å². The first kappa shape index (κ1) is 88.4. The van der Waals surface area contributed by atoms with Crippen molar-refractivity contribution in [2.75, 3.05) is 0 Å². The number of benzene rings is 21. The minimum absolute atomic E-state index is 0.596. The third-order valence-corrected chi connectivity index (χ3v) is 31.5. The van der Waals surface area contributed by atoms with E-state index in [9.17, 15) is 0 Å². The monoisotopic (exact) mass is 1970 g/mol. The standard InChI is InChI=1S/3C45H27N3OS/c1-4-11-28(12-5-1)31-20-23-38-37(26-31)42-35(17-10-18-39(42)49-38)45-47-43(30-15-8-3-9-16-30)46-44(48-45)33-19-22-34-36-25-32(29-13-6-2-7-14-29)21-24-40(36)50-41(34)27-33;1-4-11-28(12-5-1)31-20-23-38-37(25-31)42-35(17-10-18-39(42)49-38)45-47-43(30-15-8-3-9-16-30)46-44(48-45)33-21-24-40-36(26-33)34-22-19-32(27-41(34)50-40)29-13-6-2-7-14-29;1-3-11-28(12-4-1)30-22-24-39-38(26-30)35-23-21-33(27-40(35)49-39)45-47-43(29-13-5-2-6-14-29)46-44(48-45)32-16-9-15-31(25-32)34-18-10-19-37-36-17-7-8-20-41(36)50-42(34)37/h3*1-27H. The third-order valence-electron chi connectivity index (χ3n) is 28.0. The second-order valence-corrected chi connectivity index (χ2v) is 40.5. The lowest BCUT2D eigenvalue weighted by Crippen LogP contribution is -2.00. The van der Waals surface area contributed by atoms with Gasteiger partial charge in [-0.3, -0.25) is 0 Å². The summed E-state index contributed by atoms with van der Waals surface area (Å²) in [6, 6.07) is 171. The Balaban J connectivity index is 0.000000108. The summed E-state index contributed by atoms with van der Waals surface area (Å²) < 4.78 is 26.7. The fourth-order valence-corrected chi connectivity index (χ4v) is 24.2. The van der Waals surface area contributed by atoms with Crippen molar-refractivity contribution in [3.8, 4) is 169 Å². The Kier molecular flexibility index (Phi) is 22.2. The van der Waals surface area contributed by atoms with Gasteiger partial charge < -0.3 is 13.3 Å². The molecular formula is C135H81N9O3S3. The van der Waals surface area contributed by atoms with Crippen LogP contribution in [0.2, 0.25) is 0 Å². The highest BCUT2D eigenvalue weighted by Gasteiger charge is 2.26. The van der Waals surface area contributed by atoms with E-state index in [2.05, 4.69) is 352 Å². The number of aromatic nitrogens is 9. The minimum Gasteiger partial charge on any atom is -0.456 e. The maximum Gasteiger partial charge on any atom is 0.164 e. The fourth-order valence-electron chi connectivity index (χ4n) is 20.7. The van der Waals surface area contributed by atoms with Crippen LogP contribution >= 0.6 is 34.0 Å². The van der Waals surface area contributed by atoms with E-state index < -0.39 is 0 Å². The number of thiophene rings is 3. The van der Waals surface area contributed by atoms with Gasteiger partial charge in [-0.1, -0.05) is 376 Å². The van der Waals surface area contributed by atoms with Gasteiger partial charge >= 0.3 is 0 Å². The molecule has 702 valence electrons. The molecule has 0 aliphatic heterocycles. The van der Waals surface area contributed by atoms with Crippen LogP contribution in [0.3, 0.4) is 0 Å². The van der Waals surface area contributed by atoms with Crippen molar-refractivity contribution in [1.82, 2.24) is 44.9 Å². The Hall–Kier alpha value is -19.3. The summed E-state index contributed by atoms with van der Waals surface area (Å²) >= 11 is 5.45. The predicted molar refractivity (Wildman–Crippen MR) is 622 cm³/mol. The SMILES string of the molecule is c1ccc(-c2ccc3c(c2)sc2ccc(-c4nc(-c5ccccc5)nc(-c5cccc6oc7ccc(-c8ccccc8)cc7c56)n4)cc23)cc1.c1ccc(-c2ccc3oc4cc(-c5nc(-c6ccccc6)nc(-c6cccc(-c7cccc8c7sc7ccccc78)c6)n5)ccc4c3c2)cc1.c1ccc(-c2ccc3sc4cc(-c5nc(-c6ccccc6)nc(-c6cccc7oc8ccc(-c9ccccc9)cc8c67)n5)ccc4c3c2)cc1. The first-order valence-electron chi connectivity index (χ1n) is 49.8. The van der Waals surface area contributed by atoms with Crippen LogP contribution in [0.15, 0.2) is 505 Å². The lowest BCUT2D eigenvalue weighted by atomic mass is 10.0. The van der Waals surface area contributed by atoms with E-state index in [1.165, 1.54) is 93.9 Å². The normalized spacial score (nSPS) is 11.6. The van der Waals surface area contributed by atoms with Gasteiger partial charge in [0.1, 0.15) is 33.5 Å². The van der Waals surface area contributed by atoms with Crippen LogP contribution in [0.1, 0.15) is 0 Å². The Bertz CT molecular complexity index is 10500. The van der Waals surface area contributed by atoms with Crippen molar-refractivity contribution in [3.05, 3.63) is 491 Å². The quantitative estimate of drug-likeness (QED) is 0.0959. The molecule has 0 N–H and O–H groups in total. The van der Waals surface area contributed by atoms with Crippen LogP contribution in [0.4, 0.5) is 0 Å². The predicted octanol–water partition coefficient (Wildman–Crippen LogP) is 37.4. The lowest BCUT2D eigenvalue weighted by Gasteiger charge is -2.10. The molecule has 30 aromatic rings. The van der Waals surface area contributed by atoms with Gasteiger partial charge in [-0.15, -0.1) is 34.0 Å². The molecule has 0 unspecified atom stereocenters. The van der Waals surface area contributed by atoms with Gasteiger partial charge in [0.25, 0.3) is 0 Å². The second kappa shape index (κ2) is 37.7. The zero-order valence-electron chi connectivity index (χ0n) is 80.2. The molecule has 0 fully saturated rings. The number of nitrogens with zero attached hydrogens (tertiary/aromatic N) is 9. The van der Waals surface area contributed by atoms with E-state index in [1.807, 2.05) is 162 Å². The van der Waals surface area contributed by atoms with Crippen molar-refractivity contribution in [2.45, 2.75) is 0 Å². The van der Waals surface area contributed by atoms with E-state index in [-0.39, 0.29) is 0 Å². The highest BCUT2D eigenvalue weighted by Crippen LogP contribution is 2.48. The summed E-state index contributed by atoms with van der Waals surface area (Å²) in [6.07, 6.45) is 0. The Morgan fingerprint density at radius 1 is 0.127 bits per heavy atom. The zero-order valence-corrected chi connectivity index (χ0v) is 82.7. The molecular weight excluding hydrogens is 1890 g/mol. The first-order chi connectivity index (χ1) is 74.2. The largest absolute Gasteiger partial charge is 0.456 e. The molecule has 0 atom stereocenters. The van der Waals surface area contributed by atoms with E-state index in [4.69, 9.17) is 58.1 Å². The molecule has 0 spiro atoms. The smallest absolute Gasteiger partial charge is 0.164 e. The van der Waals surface area contributed by atoms with Crippen LogP contribution in [-0.2, 0) is 0 Å². The number of fused-ring (bicyclic) bond motifs is 18. The summed E-state index contributed by atoms with van der Waals surface area (Å²) in [4.78, 5) is 45.8. The van der Waals surface area contributed by atoms with Gasteiger partial charge in [0, 0.05) is 143 Å². The van der Waals surface area contributed by atoms with Crippen molar-refractivity contribution in [2.24, 2.45) is 0 Å². The Morgan fingerprint density at radius 3 is 0.873 bits per heavy atom. The maximum absolute atomic E-state index is 6.39. The summed E-state index contributed by atoms with van der Waals surface area (Å²) in [5, 5.41) is 13.7. The number of hydrogen-bond acceptors (Lipinski definition) is 15. The molecule has 0 saturated heterocycles. The minimum atomic E-state index is 0.596. The topological polar surface area (TPSA) is 155 Å². The summed E-state index contributed by atoms with van der Waals surface area (Å²) in [5.74, 6) is 5.58. The molecule has 0 radical (unpaired) electrons. The van der Waals surface area contributed by atoms with E-state index in [0.29, 0.717) is 52.4 Å². The van der Waals surface area contributed by atoms with Crippen molar-refractivity contribution in [1.29, 1.82) is 0 Å². The molecule has 0 amide bonds. The van der Waals surface area contributed by atoms with Crippen molar-refractivity contribution in [3.63, 3.8) is 0 Å². The van der Waals surface area contributed by atoms with Gasteiger partial charge in [-0.05, 0) is 182 Å². The zero-order chi connectivity index (χ0) is 99.1. The van der Waals surface area contributed by atoms with Crippen LogP contribution in [0, 0.1) is 0 Å². The number of hydrogen-bond donors (Lipinski definition) is 0. The van der Waals surface area contributed by atoms with E-state index >= 15 is 0 Å². The molecule has 21 aromatic carbocycles. The molecule has 30 rings (SSSR count). The number of rotatable bonds is 15. The average Bonchev–Trinajstić information content (AvgIpc) is 1.71.